The molecule has 0 saturated carbocycles. The van der Waals surface area contributed by atoms with Crippen molar-refractivity contribution in [3.05, 3.63) is 30.3 Å². The van der Waals surface area contributed by atoms with Crippen molar-refractivity contribution in [3.8, 4) is 0 Å². The van der Waals surface area contributed by atoms with E-state index in [1.807, 2.05) is 4.90 Å². The molecular weight excluding hydrogens is 320 g/mol. The molecule has 2 aromatic rings. The highest BCUT2D eigenvalue weighted by molar-refractivity contribution is 7.51. The number of piperidine rings is 1. The van der Waals surface area contributed by atoms with Crippen LogP contribution >= 0.6 is 7.60 Å². The molecule has 124 valence electrons. The molecule has 1 fully saturated rings. The minimum atomic E-state index is -3.93. The zero-order valence-electron chi connectivity index (χ0n) is 12.6. The summed E-state index contributed by atoms with van der Waals surface area (Å²) >= 11 is 0. The average molecular weight is 339 g/mol. The van der Waals surface area contributed by atoms with Gasteiger partial charge >= 0.3 is 7.60 Å². The van der Waals surface area contributed by atoms with E-state index in [0.717, 1.165) is 12.8 Å². The summed E-state index contributed by atoms with van der Waals surface area (Å²) in [6.07, 6.45) is 3.54. The number of hydrogen-bond acceptors (Lipinski definition) is 4. The van der Waals surface area contributed by atoms with Crippen LogP contribution in [0.3, 0.4) is 0 Å². The van der Waals surface area contributed by atoms with E-state index >= 15 is 0 Å². The Morgan fingerprint density at radius 3 is 2.70 bits per heavy atom. The third-order valence-corrected chi connectivity index (χ3v) is 5.18. The van der Waals surface area contributed by atoms with Crippen molar-refractivity contribution >= 4 is 24.3 Å². The van der Waals surface area contributed by atoms with Crippen LogP contribution in [0.1, 0.15) is 19.3 Å². The highest BCUT2D eigenvalue weighted by Gasteiger charge is 2.24. The van der Waals surface area contributed by atoms with Crippen LogP contribution in [-0.2, 0) is 4.57 Å². The van der Waals surface area contributed by atoms with Crippen molar-refractivity contribution < 1.29 is 18.7 Å². The van der Waals surface area contributed by atoms with Gasteiger partial charge in [-0.05, 0) is 37.3 Å². The van der Waals surface area contributed by atoms with Crippen molar-refractivity contribution in [2.24, 2.45) is 5.92 Å². The fraction of sp³-hybridized carbons (Fsp3) is 0.467. The standard InChI is InChI=1S/C15H19FN3O3P/c16-12-2-1-3-13-14(12)15(18-10-17-13)19-7-4-11(5-8-19)6-9-23(20,21)22/h1-3,10-11H,4-9H2,(H2,20,21,22). The highest BCUT2D eigenvalue weighted by Crippen LogP contribution is 2.38. The Labute approximate surface area is 133 Å². The predicted molar refractivity (Wildman–Crippen MR) is 86.0 cm³/mol. The number of hydrogen-bond donors (Lipinski definition) is 2. The quantitative estimate of drug-likeness (QED) is 0.833. The Kier molecular flexibility index (Phi) is 4.62. The molecular formula is C15H19FN3O3P. The summed E-state index contributed by atoms with van der Waals surface area (Å²) in [5, 5.41) is 0.434. The van der Waals surface area contributed by atoms with Crippen LogP contribution in [0.2, 0.25) is 0 Å². The van der Waals surface area contributed by atoms with E-state index in [1.54, 1.807) is 12.1 Å². The molecule has 1 saturated heterocycles. The number of aromatic nitrogens is 2. The number of nitrogens with zero attached hydrogens (tertiary/aromatic N) is 3. The molecule has 0 spiro atoms. The molecule has 2 heterocycles. The Balaban J connectivity index is 1.72. The fourth-order valence-electron chi connectivity index (χ4n) is 3.08. The first-order valence-electron chi connectivity index (χ1n) is 7.63. The number of fused-ring (bicyclic) bond motifs is 1. The maximum atomic E-state index is 14.1. The number of halogens is 1. The SMILES string of the molecule is O=P(O)(O)CCC1CCN(c2ncnc3cccc(F)c23)CC1. The minimum Gasteiger partial charge on any atom is -0.356 e. The van der Waals surface area contributed by atoms with Crippen molar-refractivity contribution in [1.82, 2.24) is 9.97 Å². The molecule has 0 unspecified atom stereocenters. The summed E-state index contributed by atoms with van der Waals surface area (Å²) in [5.41, 5.74) is 0.582. The zero-order valence-corrected chi connectivity index (χ0v) is 13.5. The van der Waals surface area contributed by atoms with Gasteiger partial charge in [0.15, 0.2) is 0 Å². The van der Waals surface area contributed by atoms with Gasteiger partial charge in [-0.1, -0.05) is 6.07 Å². The van der Waals surface area contributed by atoms with E-state index in [2.05, 4.69) is 9.97 Å². The maximum Gasteiger partial charge on any atom is 0.325 e. The largest absolute Gasteiger partial charge is 0.356 e. The first kappa shape index (κ1) is 16.3. The van der Waals surface area contributed by atoms with Gasteiger partial charge in [-0.25, -0.2) is 14.4 Å². The molecule has 1 aliphatic rings. The second kappa shape index (κ2) is 6.51. The normalized spacial score (nSPS) is 16.9. The van der Waals surface area contributed by atoms with Crippen molar-refractivity contribution in [2.75, 3.05) is 24.2 Å². The number of benzene rings is 1. The van der Waals surface area contributed by atoms with E-state index in [-0.39, 0.29) is 17.9 Å². The summed E-state index contributed by atoms with van der Waals surface area (Å²) in [6, 6.07) is 4.79. The lowest BCUT2D eigenvalue weighted by molar-refractivity contribution is 0.350. The molecule has 0 radical (unpaired) electrons. The van der Waals surface area contributed by atoms with E-state index in [4.69, 9.17) is 9.79 Å². The van der Waals surface area contributed by atoms with Crippen LogP contribution in [-0.4, -0.2) is 39.0 Å². The molecule has 0 aliphatic carbocycles. The summed E-state index contributed by atoms with van der Waals surface area (Å²) in [5.74, 6) is 0.556. The van der Waals surface area contributed by atoms with Crippen LogP contribution in [0.5, 0.6) is 0 Å². The van der Waals surface area contributed by atoms with E-state index in [0.29, 0.717) is 36.2 Å². The van der Waals surface area contributed by atoms with Crippen molar-refractivity contribution in [2.45, 2.75) is 19.3 Å². The topological polar surface area (TPSA) is 86.5 Å². The van der Waals surface area contributed by atoms with Gasteiger partial charge in [-0.3, -0.25) is 4.57 Å². The second-order valence-corrected chi connectivity index (χ2v) is 7.72. The maximum absolute atomic E-state index is 14.1. The van der Waals surface area contributed by atoms with Gasteiger partial charge in [-0.2, -0.15) is 0 Å². The lowest BCUT2D eigenvalue weighted by Crippen LogP contribution is -2.34. The molecule has 0 bridgehead atoms. The molecule has 1 aliphatic heterocycles. The molecule has 3 rings (SSSR count). The summed E-state index contributed by atoms with van der Waals surface area (Å²) in [4.78, 5) is 28.3. The van der Waals surface area contributed by atoms with Crippen LogP contribution in [0.4, 0.5) is 10.2 Å². The summed E-state index contributed by atoms with van der Waals surface area (Å²) in [6.45, 7) is 1.40. The van der Waals surface area contributed by atoms with Gasteiger partial charge in [0.2, 0.25) is 0 Å². The molecule has 23 heavy (non-hydrogen) atoms. The first-order valence-corrected chi connectivity index (χ1v) is 9.42. The highest BCUT2D eigenvalue weighted by atomic mass is 31.2. The van der Waals surface area contributed by atoms with Crippen molar-refractivity contribution in [1.29, 1.82) is 0 Å². The number of rotatable bonds is 4. The van der Waals surface area contributed by atoms with E-state index in [1.165, 1.54) is 12.4 Å². The van der Waals surface area contributed by atoms with Gasteiger partial charge in [0.1, 0.15) is 18.0 Å². The Hall–Kier alpha value is -1.56. The number of anilines is 1. The molecule has 0 atom stereocenters. The molecule has 6 nitrogen and oxygen atoms in total. The summed E-state index contributed by atoms with van der Waals surface area (Å²) in [7, 11) is -3.93. The third-order valence-electron chi connectivity index (χ3n) is 4.33. The average Bonchev–Trinajstić information content (AvgIpc) is 2.53. The molecule has 1 aromatic heterocycles. The fourth-order valence-corrected chi connectivity index (χ4v) is 3.78. The second-order valence-electron chi connectivity index (χ2n) is 5.94. The lowest BCUT2D eigenvalue weighted by Gasteiger charge is -2.33. The predicted octanol–water partition coefficient (Wildman–Crippen LogP) is 2.55. The van der Waals surface area contributed by atoms with Gasteiger partial charge in [0.25, 0.3) is 0 Å². The monoisotopic (exact) mass is 339 g/mol. The molecule has 1 aromatic carbocycles. The van der Waals surface area contributed by atoms with Crippen LogP contribution in [0.15, 0.2) is 24.5 Å². The van der Waals surface area contributed by atoms with Gasteiger partial charge in [0.05, 0.1) is 17.1 Å². The van der Waals surface area contributed by atoms with Gasteiger partial charge in [0, 0.05) is 13.1 Å². The third kappa shape index (κ3) is 3.86. The molecule has 2 N–H and O–H groups in total. The lowest BCUT2D eigenvalue weighted by atomic mass is 9.94. The summed E-state index contributed by atoms with van der Waals surface area (Å²) < 4.78 is 25.1. The van der Waals surface area contributed by atoms with Crippen molar-refractivity contribution in [3.63, 3.8) is 0 Å². The van der Waals surface area contributed by atoms with Gasteiger partial charge < -0.3 is 14.7 Å². The van der Waals surface area contributed by atoms with E-state index < -0.39 is 7.60 Å². The molecule has 8 heteroatoms. The Morgan fingerprint density at radius 2 is 2.00 bits per heavy atom. The zero-order chi connectivity index (χ0) is 16.4. The first-order chi connectivity index (χ1) is 10.9. The van der Waals surface area contributed by atoms with Crippen LogP contribution in [0, 0.1) is 11.7 Å². The minimum absolute atomic E-state index is 0.0667. The van der Waals surface area contributed by atoms with E-state index in [9.17, 15) is 8.96 Å². The molecule has 0 amide bonds. The van der Waals surface area contributed by atoms with Crippen LogP contribution < -0.4 is 4.90 Å². The van der Waals surface area contributed by atoms with Gasteiger partial charge in [-0.15, -0.1) is 0 Å². The Bertz CT molecular complexity index is 739. The van der Waals surface area contributed by atoms with Crippen LogP contribution in [0.25, 0.3) is 10.9 Å². The smallest absolute Gasteiger partial charge is 0.325 e. The Morgan fingerprint density at radius 1 is 1.26 bits per heavy atom.